The number of sulfonamides is 1. The molecule has 324 valence electrons. The normalized spacial score (nSPS) is 15.7. The van der Waals surface area contributed by atoms with Crippen molar-refractivity contribution < 1.29 is 42.0 Å². The molecule has 6 amide bonds. The highest BCUT2D eigenvalue weighted by atomic mass is 35.5. The van der Waals surface area contributed by atoms with Gasteiger partial charge in [-0.25, -0.2) is 18.1 Å². The van der Waals surface area contributed by atoms with Gasteiger partial charge in [0.15, 0.2) is 0 Å². The molecular weight excluding hydrogens is 804 g/mol. The minimum atomic E-state index is -4.34. The number of aryl methyl sites for hydroxylation is 1. The van der Waals surface area contributed by atoms with Gasteiger partial charge in [-0.15, -0.1) is 0 Å². The number of nitrogens with zero attached hydrogens (tertiary/aromatic N) is 2. The third-order valence-corrected chi connectivity index (χ3v) is 12.0. The van der Waals surface area contributed by atoms with E-state index in [0.29, 0.717) is 12.0 Å². The lowest BCUT2D eigenvalue weighted by Gasteiger charge is -2.31. The van der Waals surface area contributed by atoms with Crippen LogP contribution in [-0.2, 0) is 38.8 Å². The van der Waals surface area contributed by atoms with Gasteiger partial charge >= 0.3 is 0 Å². The molecule has 0 saturated heterocycles. The summed E-state index contributed by atoms with van der Waals surface area (Å²) in [5.74, 6) is -6.36. The molecule has 0 spiro atoms. The van der Waals surface area contributed by atoms with E-state index in [2.05, 4.69) is 36.6 Å². The second-order valence-corrected chi connectivity index (χ2v) is 17.5. The first-order valence-corrected chi connectivity index (χ1v) is 21.8. The molecule has 1 fully saturated rings. The van der Waals surface area contributed by atoms with Gasteiger partial charge in [0.2, 0.25) is 23.5 Å². The Bertz CT molecular complexity index is 1930. The fraction of sp³-hybridized carbons (Fsp3) is 0.575. The average molecular weight is 861 g/mol. The summed E-state index contributed by atoms with van der Waals surface area (Å²) in [5.41, 5.74) is 0.640. The standard InChI is InChI=1S/C40H57ClN8O9S/c1-7-24(5)34(48-37(53)30(18-23(3)4)46-38(54)32-21-42-16-17-43-32)39(55)47-31(19-26-12-10-9-11-13-26)36(52)45-29(8-2)35(51)40(56)44-22-33(50)49-59(57,58)27-15-14-25(6)28(41)20-27/h14-17,20-21,23-24,26,29-31,34H,7-13,18-19,22H2,1-6H3,(H,44,56)(H,45,52)(H,46,54)(H,47,55)(H,48,53)(H,49,50)/t24-,29?,30-,31-,34-/m0/s1. The molecule has 1 aliphatic carbocycles. The molecule has 0 aliphatic heterocycles. The summed E-state index contributed by atoms with van der Waals surface area (Å²) in [6, 6.07) is -0.734. The van der Waals surface area contributed by atoms with Crippen LogP contribution in [0.25, 0.3) is 0 Å². The van der Waals surface area contributed by atoms with Crippen LogP contribution >= 0.6 is 11.6 Å². The zero-order valence-corrected chi connectivity index (χ0v) is 36.0. The van der Waals surface area contributed by atoms with Crippen molar-refractivity contribution in [2.24, 2.45) is 17.8 Å². The van der Waals surface area contributed by atoms with Crippen molar-refractivity contribution in [2.75, 3.05) is 6.54 Å². The van der Waals surface area contributed by atoms with Gasteiger partial charge in [-0.05, 0) is 61.6 Å². The molecule has 17 nitrogen and oxygen atoms in total. The number of hydrogen-bond acceptors (Lipinski definition) is 11. The summed E-state index contributed by atoms with van der Waals surface area (Å²) >= 11 is 6.02. The van der Waals surface area contributed by atoms with Gasteiger partial charge in [-0.1, -0.05) is 90.8 Å². The van der Waals surface area contributed by atoms with Gasteiger partial charge in [-0.2, -0.15) is 0 Å². The Balaban J connectivity index is 1.73. The highest BCUT2D eigenvalue weighted by Crippen LogP contribution is 2.28. The molecule has 3 rings (SSSR count). The van der Waals surface area contributed by atoms with Crippen molar-refractivity contribution in [3.8, 4) is 0 Å². The minimum Gasteiger partial charge on any atom is -0.344 e. The molecule has 6 N–H and O–H groups in total. The van der Waals surface area contributed by atoms with Crippen molar-refractivity contribution in [1.82, 2.24) is 41.3 Å². The Labute approximate surface area is 350 Å². The van der Waals surface area contributed by atoms with Crippen LogP contribution in [0, 0.1) is 24.7 Å². The lowest BCUT2D eigenvalue weighted by molar-refractivity contribution is -0.141. The Kier molecular flexibility index (Phi) is 18.9. The third-order valence-electron chi connectivity index (χ3n) is 10.2. The maximum Gasteiger partial charge on any atom is 0.290 e. The minimum absolute atomic E-state index is 0.0129. The maximum atomic E-state index is 14.1. The van der Waals surface area contributed by atoms with E-state index in [1.54, 1.807) is 20.8 Å². The Hall–Kier alpha value is -4.97. The van der Waals surface area contributed by atoms with E-state index in [1.165, 1.54) is 36.8 Å². The summed E-state index contributed by atoms with van der Waals surface area (Å²) in [6.45, 7) is 9.75. The summed E-state index contributed by atoms with van der Waals surface area (Å²) in [6.07, 6.45) is 9.55. The van der Waals surface area contributed by atoms with E-state index in [1.807, 2.05) is 25.5 Å². The van der Waals surface area contributed by atoms with Crippen molar-refractivity contribution in [3.05, 3.63) is 53.1 Å². The Morgan fingerprint density at radius 3 is 2.08 bits per heavy atom. The number of ketones is 1. The molecular formula is C40H57ClN8O9S. The highest BCUT2D eigenvalue weighted by Gasteiger charge is 2.35. The molecule has 19 heteroatoms. The van der Waals surface area contributed by atoms with Gasteiger partial charge in [0, 0.05) is 17.4 Å². The molecule has 0 radical (unpaired) electrons. The molecule has 1 saturated carbocycles. The smallest absolute Gasteiger partial charge is 0.290 e. The number of carbonyl (C=O) groups is 7. The first kappa shape index (κ1) is 48.4. The largest absolute Gasteiger partial charge is 0.344 e. The number of Topliss-reactive ketones (excluding diaryl/α,β-unsaturated/α-hetero) is 1. The number of nitrogens with one attached hydrogen (secondary N) is 6. The zero-order valence-electron chi connectivity index (χ0n) is 34.4. The number of hydrogen-bond donors (Lipinski definition) is 6. The number of benzene rings is 1. The van der Waals surface area contributed by atoms with E-state index in [4.69, 9.17) is 11.6 Å². The van der Waals surface area contributed by atoms with Crippen LogP contribution in [0.3, 0.4) is 0 Å². The SMILES string of the molecule is CCC(NC(=O)[C@H](CC1CCCCC1)NC(=O)[C@@H](NC(=O)[C@H](CC(C)C)NC(=O)c1cnccn1)[C@@H](C)CC)C(=O)C(=O)NCC(=O)NS(=O)(=O)c1ccc(C)c(Cl)c1. The molecule has 2 aromatic rings. The zero-order chi connectivity index (χ0) is 43.9. The van der Waals surface area contributed by atoms with E-state index >= 15 is 0 Å². The van der Waals surface area contributed by atoms with Crippen molar-refractivity contribution in [2.45, 2.75) is 128 Å². The molecule has 1 aromatic heterocycles. The first-order valence-electron chi connectivity index (χ1n) is 20.0. The van der Waals surface area contributed by atoms with Gasteiger partial charge in [-0.3, -0.25) is 38.5 Å². The molecule has 1 heterocycles. The molecule has 5 atom stereocenters. The second-order valence-electron chi connectivity index (χ2n) is 15.4. The van der Waals surface area contributed by atoms with Crippen LogP contribution in [0.2, 0.25) is 5.02 Å². The van der Waals surface area contributed by atoms with Crippen molar-refractivity contribution in [3.63, 3.8) is 0 Å². The number of carbonyl (C=O) groups excluding carboxylic acids is 7. The van der Waals surface area contributed by atoms with Crippen LogP contribution in [0.1, 0.15) is 108 Å². The van der Waals surface area contributed by atoms with Crippen LogP contribution in [0.15, 0.2) is 41.7 Å². The fourth-order valence-corrected chi connectivity index (χ4v) is 7.83. The van der Waals surface area contributed by atoms with Crippen molar-refractivity contribution in [1.29, 1.82) is 0 Å². The summed E-state index contributed by atoms with van der Waals surface area (Å²) in [5, 5.41) is 13.2. The first-order chi connectivity index (χ1) is 27.9. The quantitative estimate of drug-likeness (QED) is 0.0996. The second kappa shape index (κ2) is 23.0. The van der Waals surface area contributed by atoms with Crippen LogP contribution in [-0.4, -0.2) is 90.3 Å². The van der Waals surface area contributed by atoms with Gasteiger partial charge in [0.05, 0.1) is 23.7 Å². The number of aromatic nitrogens is 2. The molecule has 59 heavy (non-hydrogen) atoms. The van der Waals surface area contributed by atoms with E-state index in [0.717, 1.165) is 32.1 Å². The van der Waals surface area contributed by atoms with E-state index in [-0.39, 0.29) is 46.7 Å². The number of amides is 6. The van der Waals surface area contributed by atoms with Crippen LogP contribution < -0.4 is 31.3 Å². The summed E-state index contributed by atoms with van der Waals surface area (Å²) in [4.78, 5) is 101. The molecule has 1 unspecified atom stereocenters. The molecule has 1 aliphatic rings. The van der Waals surface area contributed by atoms with Crippen LogP contribution in [0.4, 0.5) is 0 Å². The predicted molar refractivity (Wildman–Crippen MR) is 219 cm³/mol. The molecule has 0 bridgehead atoms. The highest BCUT2D eigenvalue weighted by molar-refractivity contribution is 7.90. The van der Waals surface area contributed by atoms with Gasteiger partial charge in [0.1, 0.15) is 23.8 Å². The molecule has 1 aromatic carbocycles. The fourth-order valence-electron chi connectivity index (χ4n) is 6.57. The van der Waals surface area contributed by atoms with Crippen molar-refractivity contribution >= 4 is 62.9 Å². The van der Waals surface area contributed by atoms with E-state index in [9.17, 15) is 42.0 Å². The lowest BCUT2D eigenvalue weighted by atomic mass is 9.84. The Morgan fingerprint density at radius 1 is 0.831 bits per heavy atom. The monoisotopic (exact) mass is 860 g/mol. The van der Waals surface area contributed by atoms with E-state index < -0.39 is 87.9 Å². The lowest BCUT2D eigenvalue weighted by Crippen LogP contribution is -2.60. The summed E-state index contributed by atoms with van der Waals surface area (Å²) in [7, 11) is -4.34. The van der Waals surface area contributed by atoms with Crippen LogP contribution in [0.5, 0.6) is 0 Å². The summed E-state index contributed by atoms with van der Waals surface area (Å²) < 4.78 is 27.1. The van der Waals surface area contributed by atoms with Gasteiger partial charge in [0.25, 0.3) is 27.7 Å². The average Bonchev–Trinajstić information content (AvgIpc) is 3.20. The third kappa shape index (κ3) is 15.0. The maximum absolute atomic E-state index is 14.1. The predicted octanol–water partition coefficient (Wildman–Crippen LogP) is 2.65. The number of halogens is 1. The van der Waals surface area contributed by atoms with Gasteiger partial charge < -0.3 is 26.6 Å². The number of rotatable bonds is 21. The Morgan fingerprint density at radius 2 is 1.49 bits per heavy atom. The topological polar surface area (TPSA) is 252 Å².